The lowest BCUT2D eigenvalue weighted by molar-refractivity contribution is 0.0990. The molecular weight excluding hydrogens is 444 g/mol. The van der Waals surface area contributed by atoms with Gasteiger partial charge in [0.05, 0.1) is 22.3 Å². The number of rotatable bonds is 12. The van der Waals surface area contributed by atoms with E-state index in [0.717, 1.165) is 0 Å². The third-order valence-corrected chi connectivity index (χ3v) is 5.83. The van der Waals surface area contributed by atoms with Crippen molar-refractivity contribution in [2.45, 2.75) is 47.0 Å². The van der Waals surface area contributed by atoms with Gasteiger partial charge in [-0.15, -0.1) is 0 Å². The van der Waals surface area contributed by atoms with Crippen molar-refractivity contribution in [3.8, 4) is 11.5 Å². The number of hydrogen-bond donors (Lipinski definition) is 0. The third kappa shape index (κ3) is 5.83. The molecule has 2 aromatic rings. The molecular formula is C29H32O6. The van der Waals surface area contributed by atoms with Crippen molar-refractivity contribution >= 4 is 23.1 Å². The van der Waals surface area contributed by atoms with Crippen LogP contribution in [-0.4, -0.2) is 36.3 Å². The zero-order chi connectivity index (χ0) is 26.5. The maximum atomic E-state index is 12.5. The van der Waals surface area contributed by atoms with Crippen molar-refractivity contribution < 1.29 is 28.7 Å². The Morgan fingerprint density at radius 3 is 1.11 bits per heavy atom. The van der Waals surface area contributed by atoms with Crippen LogP contribution in [0.3, 0.4) is 0 Å². The van der Waals surface area contributed by atoms with Gasteiger partial charge in [0.25, 0.3) is 0 Å². The van der Waals surface area contributed by atoms with E-state index in [0.29, 0.717) is 11.1 Å². The van der Waals surface area contributed by atoms with Crippen LogP contribution in [0.25, 0.3) is 0 Å². The zero-order valence-electron chi connectivity index (χ0n) is 21.2. The number of benzene rings is 2. The first-order valence-corrected chi connectivity index (χ1v) is 11.2. The van der Waals surface area contributed by atoms with Crippen LogP contribution >= 0.6 is 0 Å². The monoisotopic (exact) mass is 476 g/mol. The van der Waals surface area contributed by atoms with Crippen LogP contribution in [0.1, 0.15) is 94.1 Å². The molecule has 184 valence electrons. The van der Waals surface area contributed by atoms with Crippen LogP contribution in [0.15, 0.2) is 49.6 Å². The summed E-state index contributed by atoms with van der Waals surface area (Å²) in [6.07, 6.45) is 3.07. The summed E-state index contributed by atoms with van der Waals surface area (Å²) >= 11 is 0. The predicted molar refractivity (Wildman–Crippen MR) is 136 cm³/mol. The van der Waals surface area contributed by atoms with E-state index in [2.05, 4.69) is 13.2 Å². The van der Waals surface area contributed by atoms with E-state index in [9.17, 15) is 19.2 Å². The molecule has 0 aliphatic carbocycles. The molecule has 0 heterocycles. The minimum absolute atomic E-state index is 0.138. The molecule has 0 N–H and O–H groups in total. The Labute approximate surface area is 206 Å². The molecule has 2 rings (SSSR count). The van der Waals surface area contributed by atoms with Crippen LogP contribution in [0, 0.1) is 0 Å². The van der Waals surface area contributed by atoms with Crippen LogP contribution in [-0.2, 0) is 5.41 Å². The normalized spacial score (nSPS) is 10.9. The predicted octanol–water partition coefficient (Wildman–Crippen LogP) is 5.95. The summed E-state index contributed by atoms with van der Waals surface area (Å²) in [5, 5.41) is 0. The average Bonchev–Trinajstić information content (AvgIpc) is 2.79. The summed E-state index contributed by atoms with van der Waals surface area (Å²) < 4.78 is 11.4. The van der Waals surface area contributed by atoms with Gasteiger partial charge in [0, 0.05) is 5.41 Å². The van der Waals surface area contributed by atoms with E-state index < -0.39 is 5.41 Å². The molecule has 0 atom stereocenters. The summed E-state index contributed by atoms with van der Waals surface area (Å²) in [6.45, 7) is 17.0. The highest BCUT2D eigenvalue weighted by Crippen LogP contribution is 2.40. The van der Waals surface area contributed by atoms with Crippen LogP contribution in [0.5, 0.6) is 11.5 Å². The topological polar surface area (TPSA) is 86.7 Å². The van der Waals surface area contributed by atoms with Gasteiger partial charge in [0.15, 0.2) is 23.1 Å². The Hall–Kier alpha value is -3.80. The Morgan fingerprint density at radius 2 is 0.914 bits per heavy atom. The van der Waals surface area contributed by atoms with E-state index in [1.807, 2.05) is 13.8 Å². The summed E-state index contributed by atoms with van der Waals surface area (Å²) in [6, 6.07) is 6.76. The van der Waals surface area contributed by atoms with E-state index >= 15 is 0 Å². The molecule has 35 heavy (non-hydrogen) atoms. The number of Topliss-reactive ketones (excluding diaryl/α,β-unsaturated/α-hetero) is 4. The fourth-order valence-corrected chi connectivity index (χ4v) is 3.79. The summed E-state index contributed by atoms with van der Waals surface area (Å²) in [5.74, 6) is -0.604. The van der Waals surface area contributed by atoms with Crippen molar-refractivity contribution in [3.05, 3.63) is 83.0 Å². The number of ether oxygens (including phenoxy) is 2. The Balaban J connectivity index is 2.86. The third-order valence-electron chi connectivity index (χ3n) is 5.83. The van der Waals surface area contributed by atoms with E-state index in [1.54, 1.807) is 24.3 Å². The van der Waals surface area contributed by atoms with Gasteiger partial charge in [0.2, 0.25) is 0 Å². The Kier molecular flexibility index (Phi) is 8.69. The molecule has 0 saturated heterocycles. The summed E-state index contributed by atoms with van der Waals surface area (Å²) in [7, 11) is 0. The largest absolute Gasteiger partial charge is 0.488 e. The molecule has 0 spiro atoms. The molecule has 0 amide bonds. The molecule has 0 saturated carbocycles. The lowest BCUT2D eigenvalue weighted by Gasteiger charge is -2.29. The maximum absolute atomic E-state index is 12.5. The second kappa shape index (κ2) is 11.1. The van der Waals surface area contributed by atoms with Gasteiger partial charge in [-0.05, 0) is 63.1 Å². The zero-order valence-corrected chi connectivity index (χ0v) is 21.2. The highest BCUT2D eigenvalue weighted by molar-refractivity contribution is 6.05. The molecule has 0 unspecified atom stereocenters. The Bertz CT molecular complexity index is 1050. The van der Waals surface area contributed by atoms with Gasteiger partial charge in [-0.3, -0.25) is 19.2 Å². The van der Waals surface area contributed by atoms with Crippen molar-refractivity contribution in [2.24, 2.45) is 0 Å². The second-order valence-electron chi connectivity index (χ2n) is 8.85. The van der Waals surface area contributed by atoms with Crippen molar-refractivity contribution in [3.63, 3.8) is 0 Å². The fourth-order valence-electron chi connectivity index (χ4n) is 3.79. The highest BCUT2D eigenvalue weighted by atomic mass is 16.5. The smallest absolute Gasteiger partial charge is 0.163 e. The summed E-state index contributed by atoms with van der Waals surface area (Å²) in [4.78, 5) is 50.1. The van der Waals surface area contributed by atoms with Crippen LogP contribution in [0.2, 0.25) is 0 Å². The van der Waals surface area contributed by atoms with Gasteiger partial charge in [0.1, 0.15) is 24.7 Å². The van der Waals surface area contributed by atoms with Crippen LogP contribution < -0.4 is 9.47 Å². The standard InChI is InChI=1S/C29H32O6/c1-9-11-34-27-23(17(3)30)13-21(14-24(27)18(4)31)29(7,8)22-15-25(19(5)32)28(35-12-10-2)26(16-22)20(6)33/h9-10,13-16H,1-2,11-12H2,3-8H3. The fraction of sp³-hybridized carbons (Fsp3) is 0.310. The van der Waals surface area contributed by atoms with Gasteiger partial charge >= 0.3 is 0 Å². The first-order valence-electron chi connectivity index (χ1n) is 11.2. The van der Waals surface area contributed by atoms with E-state index in [1.165, 1.54) is 39.8 Å². The lowest BCUT2D eigenvalue weighted by Crippen LogP contribution is -2.23. The molecule has 6 heteroatoms. The second-order valence-corrected chi connectivity index (χ2v) is 8.85. The average molecular weight is 477 g/mol. The number of ketones is 4. The lowest BCUT2D eigenvalue weighted by atomic mass is 9.75. The SMILES string of the molecule is C=CCOc1c(C(C)=O)cc(C(C)(C)c2cc(C(C)=O)c(OCC=C)c(C(C)=O)c2)cc1C(C)=O. The van der Waals surface area contributed by atoms with Gasteiger partial charge in [-0.1, -0.05) is 39.2 Å². The van der Waals surface area contributed by atoms with Crippen LogP contribution in [0.4, 0.5) is 0 Å². The summed E-state index contributed by atoms with van der Waals surface area (Å²) in [5.41, 5.74) is 1.60. The highest BCUT2D eigenvalue weighted by Gasteiger charge is 2.31. The molecule has 0 fully saturated rings. The molecule has 6 nitrogen and oxygen atoms in total. The van der Waals surface area contributed by atoms with Gasteiger partial charge in [-0.2, -0.15) is 0 Å². The molecule has 0 aliphatic heterocycles. The van der Waals surface area contributed by atoms with Crippen molar-refractivity contribution in [1.82, 2.24) is 0 Å². The van der Waals surface area contributed by atoms with E-state index in [4.69, 9.17) is 9.47 Å². The number of carbonyl (C=O) groups excluding carboxylic acids is 4. The van der Waals surface area contributed by atoms with Gasteiger partial charge < -0.3 is 9.47 Å². The van der Waals surface area contributed by atoms with E-state index in [-0.39, 0.29) is 70.1 Å². The molecule has 0 bridgehead atoms. The molecule has 0 aromatic heterocycles. The minimum atomic E-state index is -0.795. The van der Waals surface area contributed by atoms with Gasteiger partial charge in [-0.25, -0.2) is 0 Å². The number of carbonyl (C=O) groups is 4. The molecule has 0 aliphatic rings. The minimum Gasteiger partial charge on any atom is -0.488 e. The quantitative estimate of drug-likeness (QED) is 0.278. The molecule has 2 aromatic carbocycles. The number of hydrogen-bond acceptors (Lipinski definition) is 6. The van der Waals surface area contributed by atoms with Crippen molar-refractivity contribution in [1.29, 1.82) is 0 Å². The maximum Gasteiger partial charge on any atom is 0.163 e. The molecule has 0 radical (unpaired) electrons. The first kappa shape index (κ1) is 27.4. The Morgan fingerprint density at radius 1 is 0.657 bits per heavy atom. The first-order chi connectivity index (χ1) is 16.4. The van der Waals surface area contributed by atoms with Crippen molar-refractivity contribution in [2.75, 3.05) is 13.2 Å².